The lowest BCUT2D eigenvalue weighted by molar-refractivity contribution is -0.538. The van der Waals surface area contributed by atoms with Crippen LogP contribution in [0.1, 0.15) is 24.8 Å². The summed E-state index contributed by atoms with van der Waals surface area (Å²) >= 11 is 0. The number of aliphatic hydroxyl groups is 1. The Balaban J connectivity index is 1.82. The Kier molecular flexibility index (Phi) is 4.31. The zero-order chi connectivity index (χ0) is 19.0. The largest absolute Gasteiger partial charge is 0.497 e. The molecule has 140 valence electrons. The third kappa shape index (κ3) is 2.94. The molecule has 0 aliphatic carbocycles. The van der Waals surface area contributed by atoms with E-state index < -0.39 is 10.6 Å². The maximum absolute atomic E-state index is 11.7. The van der Waals surface area contributed by atoms with Crippen LogP contribution in [-0.4, -0.2) is 40.6 Å². The number of nitrogens with zero attached hydrogens (tertiary/aromatic N) is 3. The molecule has 4 rings (SSSR count). The van der Waals surface area contributed by atoms with Crippen LogP contribution in [0.2, 0.25) is 0 Å². The van der Waals surface area contributed by atoms with Crippen molar-refractivity contribution in [3.63, 3.8) is 0 Å². The fraction of sp³-hybridized carbons (Fsp3) is 0.350. The first kappa shape index (κ1) is 17.5. The van der Waals surface area contributed by atoms with Gasteiger partial charge in [0.25, 0.3) is 17.2 Å². The van der Waals surface area contributed by atoms with Crippen molar-refractivity contribution in [3.05, 3.63) is 64.2 Å². The van der Waals surface area contributed by atoms with Crippen LogP contribution in [-0.2, 0) is 5.72 Å². The standard InChI is InChI=1S/C20H22N3O4/c1-27-18-10-8-16(9-11-18)22-19-7-2-3-12-21(19)14-20(22,24)15-5-4-6-17(13-15)23(25)26/h4-6,8-11,13,24H,2-3,7,12,14H2,1H3/q+1/t20-/m0/s1. The second-order valence-corrected chi connectivity index (χ2v) is 6.95. The Labute approximate surface area is 157 Å². The minimum Gasteiger partial charge on any atom is -0.497 e. The van der Waals surface area contributed by atoms with E-state index in [2.05, 4.69) is 4.58 Å². The normalized spacial score (nSPS) is 21.9. The zero-order valence-electron chi connectivity index (χ0n) is 15.2. The van der Waals surface area contributed by atoms with Gasteiger partial charge in [-0.25, -0.2) is 0 Å². The van der Waals surface area contributed by atoms with Crippen LogP contribution >= 0.6 is 0 Å². The Hall–Kier alpha value is -2.93. The predicted molar refractivity (Wildman–Crippen MR) is 101 cm³/mol. The molecule has 0 bridgehead atoms. The van der Waals surface area contributed by atoms with Crippen LogP contribution in [0.15, 0.2) is 48.5 Å². The highest BCUT2D eigenvalue weighted by Crippen LogP contribution is 2.39. The number of non-ortho nitro benzene ring substituents is 1. The van der Waals surface area contributed by atoms with Gasteiger partial charge in [0.15, 0.2) is 6.54 Å². The van der Waals surface area contributed by atoms with Gasteiger partial charge >= 0.3 is 0 Å². The topological polar surface area (TPSA) is 78.8 Å². The van der Waals surface area contributed by atoms with E-state index in [0.717, 1.165) is 43.1 Å². The quantitative estimate of drug-likeness (QED) is 0.510. The Bertz CT molecular complexity index is 910. The van der Waals surface area contributed by atoms with Crippen molar-refractivity contribution in [2.45, 2.75) is 25.0 Å². The van der Waals surface area contributed by atoms with Crippen molar-refractivity contribution < 1.29 is 19.3 Å². The van der Waals surface area contributed by atoms with Crippen LogP contribution in [0, 0.1) is 10.1 Å². The summed E-state index contributed by atoms with van der Waals surface area (Å²) in [5, 5.41) is 23.0. The molecule has 2 aliphatic heterocycles. The van der Waals surface area contributed by atoms with Crippen LogP contribution in [0.3, 0.4) is 0 Å². The molecular weight excluding hydrogens is 346 g/mol. The fourth-order valence-electron chi connectivity index (χ4n) is 4.03. The van der Waals surface area contributed by atoms with Gasteiger partial charge in [0.1, 0.15) is 11.4 Å². The molecule has 0 radical (unpaired) electrons. The highest BCUT2D eigenvalue weighted by molar-refractivity contribution is 5.97. The number of benzene rings is 2. The van der Waals surface area contributed by atoms with Crippen molar-refractivity contribution in [2.24, 2.45) is 0 Å². The van der Waals surface area contributed by atoms with Crippen LogP contribution in [0.25, 0.3) is 0 Å². The smallest absolute Gasteiger partial charge is 0.275 e. The van der Waals surface area contributed by atoms with Crippen molar-refractivity contribution in [1.29, 1.82) is 0 Å². The van der Waals surface area contributed by atoms with Gasteiger partial charge in [0.05, 0.1) is 18.6 Å². The average molecular weight is 368 g/mol. The Morgan fingerprint density at radius 3 is 2.70 bits per heavy atom. The molecule has 0 aromatic heterocycles. The molecule has 0 saturated heterocycles. The number of amidine groups is 1. The van der Waals surface area contributed by atoms with E-state index in [1.165, 1.54) is 12.1 Å². The first-order chi connectivity index (χ1) is 13.0. The van der Waals surface area contributed by atoms with E-state index in [1.807, 2.05) is 29.2 Å². The average Bonchev–Trinajstić information content (AvgIpc) is 3.01. The van der Waals surface area contributed by atoms with E-state index in [9.17, 15) is 15.2 Å². The molecule has 1 N–H and O–H groups in total. The van der Waals surface area contributed by atoms with Gasteiger partial charge in [-0.05, 0) is 37.1 Å². The molecule has 2 aromatic rings. The summed E-state index contributed by atoms with van der Waals surface area (Å²) in [6.07, 6.45) is 3.00. The highest BCUT2D eigenvalue weighted by Gasteiger charge is 2.54. The molecular formula is C20H22N3O4+. The molecule has 2 heterocycles. The lowest BCUT2D eigenvalue weighted by atomic mass is 10.00. The zero-order valence-corrected chi connectivity index (χ0v) is 15.2. The number of anilines is 1. The maximum Gasteiger partial charge on any atom is 0.275 e. The highest BCUT2D eigenvalue weighted by atomic mass is 16.6. The maximum atomic E-state index is 11.7. The number of nitro benzene ring substituents is 1. The molecule has 27 heavy (non-hydrogen) atoms. The number of hydrogen-bond acceptors (Lipinski definition) is 5. The third-order valence-electron chi connectivity index (χ3n) is 5.33. The molecule has 2 aromatic carbocycles. The number of methoxy groups -OCH3 is 1. The molecule has 0 amide bonds. The number of ether oxygens (including phenoxy) is 1. The summed E-state index contributed by atoms with van der Waals surface area (Å²) in [6.45, 7) is 1.26. The minimum absolute atomic E-state index is 0.0227. The van der Waals surface area contributed by atoms with Crippen molar-refractivity contribution in [3.8, 4) is 5.75 Å². The van der Waals surface area contributed by atoms with Gasteiger partial charge in [0.2, 0.25) is 0 Å². The third-order valence-corrected chi connectivity index (χ3v) is 5.33. The van der Waals surface area contributed by atoms with Crippen molar-refractivity contribution in [1.82, 2.24) is 0 Å². The van der Waals surface area contributed by atoms with Crippen molar-refractivity contribution in [2.75, 3.05) is 25.1 Å². The molecule has 1 atom stereocenters. The number of hydrogen-bond donors (Lipinski definition) is 1. The second kappa shape index (κ2) is 6.66. The monoisotopic (exact) mass is 368 g/mol. The minimum atomic E-state index is -1.36. The van der Waals surface area contributed by atoms with Crippen LogP contribution < -0.4 is 9.64 Å². The summed E-state index contributed by atoms with van der Waals surface area (Å²) in [6, 6.07) is 13.8. The summed E-state index contributed by atoms with van der Waals surface area (Å²) < 4.78 is 7.43. The summed E-state index contributed by atoms with van der Waals surface area (Å²) in [7, 11) is 1.61. The predicted octanol–water partition coefficient (Wildman–Crippen LogP) is 2.86. The van der Waals surface area contributed by atoms with E-state index in [-0.39, 0.29) is 5.69 Å². The first-order valence-corrected chi connectivity index (χ1v) is 9.05. The molecule has 7 nitrogen and oxygen atoms in total. The lowest BCUT2D eigenvalue weighted by Gasteiger charge is -2.28. The SMILES string of the molecule is COc1ccc(N2C3=[N+](CCCC3)C[C@]2(O)c2cccc([N+](=O)[O-])c2)cc1. The molecule has 2 aliphatic rings. The number of rotatable bonds is 4. The van der Waals surface area contributed by atoms with Gasteiger partial charge in [-0.3, -0.25) is 14.7 Å². The number of nitro groups is 1. The molecule has 0 saturated carbocycles. The van der Waals surface area contributed by atoms with E-state index in [0.29, 0.717) is 12.1 Å². The molecule has 7 heteroatoms. The molecule has 0 spiro atoms. The molecule has 0 unspecified atom stereocenters. The van der Waals surface area contributed by atoms with E-state index in [1.54, 1.807) is 19.2 Å². The summed E-state index contributed by atoms with van der Waals surface area (Å²) in [4.78, 5) is 12.7. The summed E-state index contributed by atoms with van der Waals surface area (Å²) in [5.74, 6) is 1.79. The lowest BCUT2D eigenvalue weighted by Crippen LogP contribution is -2.47. The second-order valence-electron chi connectivity index (χ2n) is 6.95. The van der Waals surface area contributed by atoms with Gasteiger partial charge in [0, 0.05) is 24.1 Å². The fourth-order valence-corrected chi connectivity index (χ4v) is 4.03. The Morgan fingerprint density at radius 2 is 2.00 bits per heavy atom. The van der Waals surface area contributed by atoms with Gasteiger partial charge in [-0.2, -0.15) is 4.90 Å². The van der Waals surface area contributed by atoms with E-state index in [4.69, 9.17) is 4.74 Å². The van der Waals surface area contributed by atoms with Crippen LogP contribution in [0.5, 0.6) is 5.75 Å². The van der Waals surface area contributed by atoms with Gasteiger partial charge in [-0.1, -0.05) is 12.1 Å². The first-order valence-electron chi connectivity index (χ1n) is 9.05. The van der Waals surface area contributed by atoms with Gasteiger partial charge in [-0.15, -0.1) is 0 Å². The summed E-state index contributed by atoms with van der Waals surface area (Å²) in [5.41, 5.74) is -0.0237. The van der Waals surface area contributed by atoms with E-state index >= 15 is 0 Å². The molecule has 0 fully saturated rings. The Morgan fingerprint density at radius 1 is 1.22 bits per heavy atom. The van der Waals surface area contributed by atoms with Gasteiger partial charge < -0.3 is 9.84 Å². The van der Waals surface area contributed by atoms with Crippen molar-refractivity contribution >= 4 is 17.2 Å². The van der Waals surface area contributed by atoms with Crippen LogP contribution in [0.4, 0.5) is 11.4 Å².